The summed E-state index contributed by atoms with van der Waals surface area (Å²) < 4.78 is 79.9. The highest BCUT2D eigenvalue weighted by molar-refractivity contribution is 5.76. The molecule has 0 saturated carbocycles. The van der Waals surface area contributed by atoms with Gasteiger partial charge in [0.1, 0.15) is 23.4 Å². The Kier molecular flexibility index (Phi) is 6.67. The van der Waals surface area contributed by atoms with E-state index in [0.717, 1.165) is 5.56 Å². The molecule has 11 heteroatoms. The average molecular weight is 569 g/mol. The summed E-state index contributed by atoms with van der Waals surface area (Å²) in [5, 5.41) is 7.72. The van der Waals surface area contributed by atoms with E-state index in [9.17, 15) is 18.0 Å². The number of hydrogen-bond acceptors (Lipinski definition) is 7. The number of hydrogen-bond donors (Lipinski definition) is 0. The number of methoxy groups -OCH3 is 1. The second-order valence-corrected chi connectivity index (χ2v) is 10.0. The van der Waals surface area contributed by atoms with E-state index >= 15 is 4.39 Å². The van der Waals surface area contributed by atoms with Gasteiger partial charge in [-0.3, -0.25) is 4.79 Å². The summed E-state index contributed by atoms with van der Waals surface area (Å²) in [6.45, 7) is 1.95. The van der Waals surface area contributed by atoms with Gasteiger partial charge in [0.25, 0.3) is 0 Å². The Labute approximate surface area is 232 Å². The van der Waals surface area contributed by atoms with E-state index in [1.807, 2.05) is 0 Å². The van der Waals surface area contributed by atoms with Gasteiger partial charge in [0.2, 0.25) is 11.8 Å². The summed E-state index contributed by atoms with van der Waals surface area (Å²) in [5.41, 5.74) is 0.924. The third-order valence-electron chi connectivity index (χ3n) is 7.44. The molecule has 2 heterocycles. The molecule has 0 bridgehead atoms. The van der Waals surface area contributed by atoms with Gasteiger partial charge in [0.05, 0.1) is 25.7 Å². The number of ether oxygens (including phenoxy) is 3. The van der Waals surface area contributed by atoms with Gasteiger partial charge in [-0.15, -0.1) is 10.2 Å². The molecule has 2 aliphatic rings. The molecule has 212 valence electrons. The molecule has 0 N–H and O–H groups in total. The molecule has 41 heavy (non-hydrogen) atoms. The van der Waals surface area contributed by atoms with Crippen LogP contribution < -0.4 is 9.47 Å². The third-order valence-corrected chi connectivity index (χ3v) is 7.44. The standard InChI is InChI=1S/C30H24F4N2O5/c1-15-35-36-29(40-15)17-5-3-16(4-6-17)27-21-9-10-24(28(21)23(31)13-22(27)30(32,33)34)41-19-7-8-20-18(11-26(37)38-2)14-39-25(20)12-19/h3-8,12-13,18,24H,9-11,14H2,1-2H3. The molecule has 1 aromatic heterocycles. The maximum Gasteiger partial charge on any atom is 0.417 e. The van der Waals surface area contributed by atoms with Crippen LogP contribution in [0.2, 0.25) is 0 Å². The Balaban J connectivity index is 1.33. The molecule has 2 atom stereocenters. The van der Waals surface area contributed by atoms with Crippen LogP contribution in [-0.2, 0) is 22.1 Å². The van der Waals surface area contributed by atoms with Gasteiger partial charge < -0.3 is 18.6 Å². The first-order valence-corrected chi connectivity index (χ1v) is 13.0. The van der Waals surface area contributed by atoms with Crippen molar-refractivity contribution in [2.75, 3.05) is 13.7 Å². The summed E-state index contributed by atoms with van der Waals surface area (Å²) >= 11 is 0. The summed E-state index contributed by atoms with van der Waals surface area (Å²) in [5.74, 6) is 0.0692. The number of nitrogens with zero attached hydrogens (tertiary/aromatic N) is 2. The second-order valence-electron chi connectivity index (χ2n) is 10.0. The van der Waals surface area contributed by atoms with E-state index in [2.05, 4.69) is 10.2 Å². The quantitative estimate of drug-likeness (QED) is 0.183. The van der Waals surface area contributed by atoms with Crippen LogP contribution in [0.25, 0.3) is 22.6 Å². The SMILES string of the molecule is COC(=O)CC1COc2cc(OC3CCc4c(-c5ccc(-c6nnc(C)o6)cc5)c(C(F)(F)F)cc(F)c43)ccc21. The monoisotopic (exact) mass is 568 g/mol. The van der Waals surface area contributed by atoms with Crippen LogP contribution in [0.15, 0.2) is 52.9 Å². The minimum atomic E-state index is -4.77. The zero-order valence-electron chi connectivity index (χ0n) is 22.0. The van der Waals surface area contributed by atoms with E-state index in [-0.39, 0.29) is 52.9 Å². The molecule has 6 rings (SSSR count). The van der Waals surface area contributed by atoms with Crippen molar-refractivity contribution < 1.29 is 41.0 Å². The molecule has 0 radical (unpaired) electrons. The Morgan fingerprint density at radius 3 is 2.51 bits per heavy atom. The number of alkyl halides is 3. The molecule has 1 aliphatic carbocycles. The number of rotatable bonds is 6. The maximum atomic E-state index is 15.4. The fourth-order valence-corrected chi connectivity index (χ4v) is 5.56. The molecule has 0 spiro atoms. The van der Waals surface area contributed by atoms with E-state index in [4.69, 9.17) is 18.6 Å². The van der Waals surface area contributed by atoms with Crippen LogP contribution in [0, 0.1) is 12.7 Å². The second kappa shape index (κ2) is 10.2. The number of halogens is 4. The van der Waals surface area contributed by atoms with Gasteiger partial charge >= 0.3 is 12.1 Å². The number of carbonyl (C=O) groups excluding carboxylic acids is 1. The molecule has 2 unspecified atom stereocenters. The first kappa shape index (κ1) is 26.8. The van der Waals surface area contributed by atoms with Gasteiger partial charge in [-0.1, -0.05) is 18.2 Å². The maximum absolute atomic E-state index is 15.4. The van der Waals surface area contributed by atoms with Crippen molar-refractivity contribution in [3.8, 4) is 34.1 Å². The van der Waals surface area contributed by atoms with Crippen LogP contribution in [0.4, 0.5) is 17.6 Å². The minimum absolute atomic E-state index is 0.0730. The molecule has 0 saturated heterocycles. The van der Waals surface area contributed by atoms with E-state index < -0.39 is 23.7 Å². The molecular weight excluding hydrogens is 544 g/mol. The predicted molar refractivity (Wildman–Crippen MR) is 138 cm³/mol. The molecule has 1 aliphatic heterocycles. The molecular formula is C30H24F4N2O5. The topological polar surface area (TPSA) is 83.7 Å². The minimum Gasteiger partial charge on any atom is -0.492 e. The fourth-order valence-electron chi connectivity index (χ4n) is 5.56. The highest BCUT2D eigenvalue weighted by Crippen LogP contribution is 2.48. The van der Waals surface area contributed by atoms with Crippen molar-refractivity contribution in [1.29, 1.82) is 0 Å². The number of benzene rings is 3. The number of fused-ring (bicyclic) bond motifs is 2. The van der Waals surface area contributed by atoms with Crippen LogP contribution in [0.5, 0.6) is 11.5 Å². The lowest BCUT2D eigenvalue weighted by Crippen LogP contribution is -2.12. The van der Waals surface area contributed by atoms with Crippen LogP contribution in [0.1, 0.15) is 53.0 Å². The number of carbonyl (C=O) groups is 1. The smallest absolute Gasteiger partial charge is 0.417 e. The van der Waals surface area contributed by atoms with E-state index in [1.54, 1.807) is 37.3 Å². The highest BCUT2D eigenvalue weighted by Gasteiger charge is 2.40. The number of esters is 1. The van der Waals surface area contributed by atoms with Crippen LogP contribution in [-0.4, -0.2) is 29.9 Å². The van der Waals surface area contributed by atoms with Crippen molar-refractivity contribution in [2.24, 2.45) is 0 Å². The molecule has 3 aromatic carbocycles. The summed E-state index contributed by atoms with van der Waals surface area (Å²) in [6, 6.07) is 11.9. The summed E-state index contributed by atoms with van der Waals surface area (Å²) in [7, 11) is 1.32. The highest BCUT2D eigenvalue weighted by atomic mass is 19.4. The predicted octanol–water partition coefficient (Wildman–Crippen LogP) is 6.98. The Morgan fingerprint density at radius 1 is 1.07 bits per heavy atom. The largest absolute Gasteiger partial charge is 0.492 e. The Morgan fingerprint density at radius 2 is 1.83 bits per heavy atom. The lowest BCUT2D eigenvalue weighted by atomic mass is 9.90. The summed E-state index contributed by atoms with van der Waals surface area (Å²) in [4.78, 5) is 11.7. The van der Waals surface area contributed by atoms with Crippen molar-refractivity contribution in [3.63, 3.8) is 0 Å². The zero-order valence-corrected chi connectivity index (χ0v) is 22.0. The molecule has 7 nitrogen and oxygen atoms in total. The third kappa shape index (κ3) is 5.00. The average Bonchev–Trinajstić information content (AvgIpc) is 3.67. The number of aryl methyl sites for hydroxylation is 1. The van der Waals surface area contributed by atoms with E-state index in [1.165, 1.54) is 19.2 Å². The van der Waals surface area contributed by atoms with E-state index in [0.29, 0.717) is 42.0 Å². The lowest BCUT2D eigenvalue weighted by Gasteiger charge is -2.21. The number of aromatic nitrogens is 2. The van der Waals surface area contributed by atoms with Crippen molar-refractivity contribution in [2.45, 2.75) is 44.4 Å². The Bertz CT molecular complexity index is 1630. The fraction of sp³-hybridized carbons (Fsp3) is 0.300. The van der Waals surface area contributed by atoms with Gasteiger partial charge in [-0.25, -0.2) is 4.39 Å². The van der Waals surface area contributed by atoms with Crippen LogP contribution >= 0.6 is 0 Å². The molecule has 0 amide bonds. The van der Waals surface area contributed by atoms with Crippen molar-refractivity contribution >= 4 is 5.97 Å². The van der Waals surface area contributed by atoms with Gasteiger partial charge in [0, 0.05) is 35.6 Å². The van der Waals surface area contributed by atoms with Gasteiger partial charge in [-0.2, -0.15) is 13.2 Å². The zero-order chi connectivity index (χ0) is 28.9. The lowest BCUT2D eigenvalue weighted by molar-refractivity contribution is -0.141. The molecule has 4 aromatic rings. The van der Waals surface area contributed by atoms with Crippen molar-refractivity contribution in [1.82, 2.24) is 10.2 Å². The van der Waals surface area contributed by atoms with Crippen molar-refractivity contribution in [3.05, 3.63) is 82.5 Å². The normalized spacial score (nSPS) is 17.6. The van der Waals surface area contributed by atoms with Crippen LogP contribution in [0.3, 0.4) is 0 Å². The first-order chi connectivity index (χ1) is 19.6. The van der Waals surface area contributed by atoms with Gasteiger partial charge in [-0.05, 0) is 53.8 Å². The summed E-state index contributed by atoms with van der Waals surface area (Å²) in [6.07, 6.45) is -4.90. The molecule has 0 fully saturated rings. The Hall–Kier alpha value is -4.41. The first-order valence-electron chi connectivity index (χ1n) is 13.0. The van der Waals surface area contributed by atoms with Gasteiger partial charge in [0.15, 0.2) is 0 Å².